The largest absolute Gasteiger partial charge is 0.388 e. The topological polar surface area (TPSA) is 86.7 Å². The van der Waals surface area contributed by atoms with Gasteiger partial charge < -0.3 is 15.4 Å². The third kappa shape index (κ3) is 2.68. The molecule has 0 amide bonds. The third-order valence-electron chi connectivity index (χ3n) is 3.84. The van der Waals surface area contributed by atoms with Crippen molar-refractivity contribution in [2.45, 2.75) is 44.1 Å². The van der Waals surface area contributed by atoms with E-state index in [4.69, 9.17) is 0 Å². The van der Waals surface area contributed by atoms with Crippen LogP contribution >= 0.6 is 0 Å². The van der Waals surface area contributed by atoms with Crippen molar-refractivity contribution >= 4 is 17.0 Å². The van der Waals surface area contributed by atoms with E-state index in [0.717, 1.165) is 31.2 Å². The van der Waals surface area contributed by atoms with Crippen molar-refractivity contribution in [3.05, 3.63) is 12.7 Å². The number of aromatic nitrogens is 4. The monoisotopic (exact) mass is 261 g/mol. The Morgan fingerprint density at radius 3 is 2.74 bits per heavy atom. The van der Waals surface area contributed by atoms with E-state index in [0.29, 0.717) is 18.0 Å². The Morgan fingerprint density at radius 1 is 1.16 bits per heavy atom. The van der Waals surface area contributed by atoms with Crippen LogP contribution in [0.4, 0.5) is 5.82 Å². The molecule has 1 aliphatic rings. The van der Waals surface area contributed by atoms with Crippen molar-refractivity contribution < 1.29 is 5.11 Å². The summed E-state index contributed by atoms with van der Waals surface area (Å²) < 4.78 is 0. The van der Waals surface area contributed by atoms with E-state index in [-0.39, 0.29) is 0 Å². The first-order valence-corrected chi connectivity index (χ1v) is 6.87. The summed E-state index contributed by atoms with van der Waals surface area (Å²) in [5, 5.41) is 13.8. The van der Waals surface area contributed by atoms with Crippen LogP contribution in [0.2, 0.25) is 0 Å². The van der Waals surface area contributed by atoms with E-state index >= 15 is 0 Å². The smallest absolute Gasteiger partial charge is 0.182 e. The fourth-order valence-corrected chi connectivity index (χ4v) is 2.71. The maximum atomic E-state index is 10.6. The Hall–Kier alpha value is -1.69. The highest BCUT2D eigenvalue weighted by Gasteiger charge is 2.28. The molecule has 0 radical (unpaired) electrons. The fraction of sp³-hybridized carbons (Fsp3) is 0.615. The summed E-state index contributed by atoms with van der Waals surface area (Å²) in [6.07, 6.45) is 9.45. The van der Waals surface area contributed by atoms with Crippen molar-refractivity contribution in [1.82, 2.24) is 19.9 Å². The van der Waals surface area contributed by atoms with Crippen molar-refractivity contribution in [2.24, 2.45) is 0 Å². The molecule has 0 aromatic carbocycles. The highest BCUT2D eigenvalue weighted by molar-refractivity contribution is 5.81. The van der Waals surface area contributed by atoms with Gasteiger partial charge in [-0.05, 0) is 12.8 Å². The molecule has 19 heavy (non-hydrogen) atoms. The number of nitrogens with one attached hydrogen (secondary N) is 2. The quantitative estimate of drug-likeness (QED) is 0.734. The van der Waals surface area contributed by atoms with Crippen molar-refractivity contribution in [3.63, 3.8) is 0 Å². The number of imidazole rings is 1. The summed E-state index contributed by atoms with van der Waals surface area (Å²) in [5.41, 5.74) is 0.818. The van der Waals surface area contributed by atoms with Gasteiger partial charge in [-0.25, -0.2) is 15.0 Å². The fourth-order valence-electron chi connectivity index (χ4n) is 2.71. The van der Waals surface area contributed by atoms with Crippen molar-refractivity contribution in [2.75, 3.05) is 11.9 Å². The van der Waals surface area contributed by atoms with Crippen LogP contribution in [-0.4, -0.2) is 37.2 Å². The average molecular weight is 261 g/mol. The zero-order valence-corrected chi connectivity index (χ0v) is 10.9. The van der Waals surface area contributed by atoms with Gasteiger partial charge in [-0.2, -0.15) is 0 Å². The second kappa shape index (κ2) is 5.13. The maximum Gasteiger partial charge on any atom is 0.182 e. The first-order valence-electron chi connectivity index (χ1n) is 6.87. The summed E-state index contributed by atoms with van der Waals surface area (Å²) in [6.45, 7) is 0.526. The van der Waals surface area contributed by atoms with Gasteiger partial charge >= 0.3 is 0 Å². The van der Waals surface area contributed by atoms with Gasteiger partial charge in [-0.15, -0.1) is 0 Å². The van der Waals surface area contributed by atoms with Gasteiger partial charge in [0.05, 0.1) is 11.9 Å². The molecule has 0 saturated heterocycles. The van der Waals surface area contributed by atoms with Gasteiger partial charge in [0.15, 0.2) is 11.5 Å². The molecule has 0 bridgehead atoms. The van der Waals surface area contributed by atoms with Crippen LogP contribution in [0, 0.1) is 0 Å². The second-order valence-corrected chi connectivity index (χ2v) is 5.32. The Labute approximate surface area is 111 Å². The van der Waals surface area contributed by atoms with Crippen LogP contribution in [0.3, 0.4) is 0 Å². The lowest BCUT2D eigenvalue weighted by molar-refractivity contribution is 0.0381. The number of fused-ring (bicyclic) bond motifs is 1. The van der Waals surface area contributed by atoms with Crippen LogP contribution < -0.4 is 5.32 Å². The molecule has 1 fully saturated rings. The lowest BCUT2D eigenvalue weighted by atomic mass is 9.94. The number of aromatic amines is 1. The van der Waals surface area contributed by atoms with Crippen LogP contribution in [0.5, 0.6) is 0 Å². The van der Waals surface area contributed by atoms with E-state index in [9.17, 15) is 5.11 Å². The molecule has 102 valence electrons. The third-order valence-corrected chi connectivity index (χ3v) is 3.84. The Balaban J connectivity index is 1.73. The van der Waals surface area contributed by atoms with Crippen molar-refractivity contribution in [1.29, 1.82) is 0 Å². The van der Waals surface area contributed by atoms with Gasteiger partial charge in [-0.1, -0.05) is 25.7 Å². The minimum Gasteiger partial charge on any atom is -0.388 e. The van der Waals surface area contributed by atoms with E-state index < -0.39 is 5.60 Å². The van der Waals surface area contributed by atoms with Gasteiger partial charge in [0, 0.05) is 6.54 Å². The van der Waals surface area contributed by atoms with Crippen molar-refractivity contribution in [3.8, 4) is 0 Å². The van der Waals surface area contributed by atoms with Gasteiger partial charge in [-0.3, -0.25) is 0 Å². The number of anilines is 1. The highest BCUT2D eigenvalue weighted by atomic mass is 16.3. The van der Waals surface area contributed by atoms with E-state index in [1.807, 2.05) is 0 Å². The predicted octanol–water partition coefficient (Wildman–Crippen LogP) is 1.85. The Kier molecular flexibility index (Phi) is 3.33. The molecule has 0 aliphatic heterocycles. The first-order chi connectivity index (χ1) is 9.27. The summed E-state index contributed by atoms with van der Waals surface area (Å²) in [5.74, 6) is 0.708. The predicted molar refractivity (Wildman–Crippen MR) is 72.8 cm³/mol. The second-order valence-electron chi connectivity index (χ2n) is 5.32. The molecule has 0 unspecified atom stereocenters. The molecule has 1 saturated carbocycles. The molecule has 1 aliphatic carbocycles. The summed E-state index contributed by atoms with van der Waals surface area (Å²) in [7, 11) is 0. The number of H-pyrrole nitrogens is 1. The average Bonchev–Trinajstić information content (AvgIpc) is 2.80. The molecule has 2 heterocycles. The molecular formula is C13H19N5O. The van der Waals surface area contributed by atoms with Crippen LogP contribution in [0.25, 0.3) is 11.2 Å². The summed E-state index contributed by atoms with van der Waals surface area (Å²) >= 11 is 0. The molecular weight excluding hydrogens is 242 g/mol. The minimum absolute atomic E-state index is 0.526. The lowest BCUT2D eigenvalue weighted by Crippen LogP contribution is -2.36. The number of aliphatic hydroxyl groups is 1. The SMILES string of the molecule is OC1(CNc2ncnc3nc[nH]c23)CCCCCC1. The molecule has 3 N–H and O–H groups in total. The zero-order chi connectivity index (χ0) is 13.1. The molecule has 3 rings (SSSR count). The Bertz CT molecular complexity index is 545. The van der Waals surface area contributed by atoms with Gasteiger partial charge in [0.2, 0.25) is 0 Å². The number of rotatable bonds is 3. The molecule has 2 aromatic heterocycles. The van der Waals surface area contributed by atoms with E-state index in [2.05, 4.69) is 25.3 Å². The summed E-state index contributed by atoms with van der Waals surface area (Å²) in [4.78, 5) is 15.4. The zero-order valence-electron chi connectivity index (χ0n) is 10.9. The molecule has 0 atom stereocenters. The molecule has 2 aromatic rings. The molecule has 0 spiro atoms. The summed E-state index contributed by atoms with van der Waals surface area (Å²) in [6, 6.07) is 0. The van der Waals surface area contributed by atoms with E-state index in [1.165, 1.54) is 19.2 Å². The lowest BCUT2D eigenvalue weighted by Gasteiger charge is -2.27. The molecule has 6 heteroatoms. The standard InChI is InChI=1S/C13H19N5O/c19-13(5-3-1-2-4-6-13)7-14-11-10-12(16-8-15-10)18-9-17-11/h8-9,19H,1-7H2,(H2,14,15,16,17,18). The Morgan fingerprint density at radius 2 is 1.95 bits per heavy atom. The maximum absolute atomic E-state index is 10.6. The van der Waals surface area contributed by atoms with Crippen LogP contribution in [0.1, 0.15) is 38.5 Å². The number of hydrogen-bond donors (Lipinski definition) is 3. The van der Waals surface area contributed by atoms with Gasteiger partial charge in [0.1, 0.15) is 11.8 Å². The molecule has 6 nitrogen and oxygen atoms in total. The minimum atomic E-state index is -0.617. The normalized spacial score (nSPS) is 19.2. The van der Waals surface area contributed by atoms with Gasteiger partial charge in [0.25, 0.3) is 0 Å². The highest BCUT2D eigenvalue weighted by Crippen LogP contribution is 2.27. The number of nitrogens with zero attached hydrogens (tertiary/aromatic N) is 3. The van der Waals surface area contributed by atoms with Crippen LogP contribution in [0.15, 0.2) is 12.7 Å². The first kappa shape index (κ1) is 12.3. The van der Waals surface area contributed by atoms with Crippen LogP contribution in [-0.2, 0) is 0 Å². The van der Waals surface area contributed by atoms with E-state index in [1.54, 1.807) is 6.33 Å². The number of hydrogen-bond acceptors (Lipinski definition) is 5.